The van der Waals surface area contributed by atoms with Crippen molar-refractivity contribution in [1.82, 2.24) is 10.2 Å². The first-order valence-corrected chi connectivity index (χ1v) is 8.15. The van der Waals surface area contributed by atoms with Gasteiger partial charge in [-0.1, -0.05) is 15.9 Å². The van der Waals surface area contributed by atoms with Crippen molar-refractivity contribution in [3.05, 3.63) is 28.2 Å². The first-order valence-electron chi connectivity index (χ1n) is 7.35. The van der Waals surface area contributed by atoms with Crippen LogP contribution in [0.2, 0.25) is 0 Å². The van der Waals surface area contributed by atoms with Gasteiger partial charge in [0.25, 0.3) is 5.91 Å². The van der Waals surface area contributed by atoms with Gasteiger partial charge in [0.1, 0.15) is 5.75 Å². The van der Waals surface area contributed by atoms with E-state index < -0.39 is 5.91 Å². The van der Waals surface area contributed by atoms with Crippen LogP contribution in [0.5, 0.6) is 5.75 Å². The zero-order chi connectivity index (χ0) is 15.8. The second-order valence-corrected chi connectivity index (χ2v) is 6.05. The molecule has 6 nitrogen and oxygen atoms in total. The van der Waals surface area contributed by atoms with Gasteiger partial charge in [-0.05, 0) is 18.2 Å². The number of hydrogen-bond acceptors (Lipinski definition) is 5. The first kappa shape index (κ1) is 17.2. The quantitative estimate of drug-likeness (QED) is 0.659. The number of amides is 1. The number of nitrogens with two attached hydrogens (primary N) is 1. The SMILES string of the molecule is NC(=O)COc1ccc(Br)cc1CNCCN1CCOCC1. The Balaban J connectivity index is 1.79. The normalized spacial score (nSPS) is 15.7. The van der Waals surface area contributed by atoms with Crippen molar-refractivity contribution in [3.8, 4) is 5.75 Å². The molecule has 0 bridgehead atoms. The predicted octanol–water partition coefficient (Wildman–Crippen LogP) is 0.735. The van der Waals surface area contributed by atoms with Gasteiger partial charge in [0.05, 0.1) is 13.2 Å². The van der Waals surface area contributed by atoms with E-state index in [1.165, 1.54) is 0 Å². The van der Waals surface area contributed by atoms with Crippen LogP contribution in [0.15, 0.2) is 22.7 Å². The molecule has 122 valence electrons. The number of nitrogens with zero attached hydrogens (tertiary/aromatic N) is 1. The third-order valence-electron chi connectivity index (χ3n) is 3.42. The average molecular weight is 372 g/mol. The van der Waals surface area contributed by atoms with Gasteiger partial charge in [0.15, 0.2) is 6.61 Å². The summed E-state index contributed by atoms with van der Waals surface area (Å²) in [5.74, 6) is 0.204. The maximum absolute atomic E-state index is 10.8. The average Bonchev–Trinajstić information content (AvgIpc) is 2.51. The maximum atomic E-state index is 10.8. The van der Waals surface area contributed by atoms with E-state index in [9.17, 15) is 4.79 Å². The van der Waals surface area contributed by atoms with Crippen molar-refractivity contribution in [3.63, 3.8) is 0 Å². The highest BCUT2D eigenvalue weighted by Gasteiger charge is 2.10. The topological polar surface area (TPSA) is 76.8 Å². The highest BCUT2D eigenvalue weighted by atomic mass is 79.9. The lowest BCUT2D eigenvalue weighted by Crippen LogP contribution is -2.40. The minimum Gasteiger partial charge on any atom is -0.483 e. The van der Waals surface area contributed by atoms with Gasteiger partial charge in [0.2, 0.25) is 0 Å². The monoisotopic (exact) mass is 371 g/mol. The van der Waals surface area contributed by atoms with Crippen LogP contribution in [0, 0.1) is 0 Å². The van der Waals surface area contributed by atoms with Crippen LogP contribution in [0.3, 0.4) is 0 Å². The van der Waals surface area contributed by atoms with Crippen molar-refractivity contribution < 1.29 is 14.3 Å². The van der Waals surface area contributed by atoms with E-state index in [2.05, 4.69) is 26.1 Å². The lowest BCUT2D eigenvalue weighted by Gasteiger charge is -2.26. The summed E-state index contributed by atoms with van der Waals surface area (Å²) in [4.78, 5) is 13.2. The molecule has 1 aromatic rings. The van der Waals surface area contributed by atoms with Crippen molar-refractivity contribution in [1.29, 1.82) is 0 Å². The number of morpholine rings is 1. The molecule has 1 aliphatic rings. The Labute approximate surface area is 139 Å². The molecule has 1 amide bonds. The van der Waals surface area contributed by atoms with Gasteiger partial charge in [-0.3, -0.25) is 9.69 Å². The van der Waals surface area contributed by atoms with Gasteiger partial charge < -0.3 is 20.5 Å². The fraction of sp³-hybridized carbons (Fsp3) is 0.533. The fourth-order valence-corrected chi connectivity index (χ4v) is 2.67. The molecule has 0 aromatic heterocycles. The number of benzene rings is 1. The van der Waals surface area contributed by atoms with Crippen molar-refractivity contribution in [2.75, 3.05) is 46.0 Å². The third kappa shape index (κ3) is 5.92. The number of carbonyl (C=O) groups is 1. The molecule has 1 heterocycles. The molecule has 0 saturated carbocycles. The number of halogens is 1. The Morgan fingerprint density at radius 2 is 2.18 bits per heavy atom. The molecule has 0 radical (unpaired) electrons. The van der Waals surface area contributed by atoms with Crippen LogP contribution in [0.25, 0.3) is 0 Å². The number of carbonyl (C=O) groups excluding carboxylic acids is 1. The predicted molar refractivity (Wildman–Crippen MR) is 87.8 cm³/mol. The Hall–Kier alpha value is -1.15. The summed E-state index contributed by atoms with van der Waals surface area (Å²) in [5, 5.41) is 3.40. The van der Waals surface area contributed by atoms with Gasteiger partial charge in [-0.25, -0.2) is 0 Å². The molecule has 1 aliphatic heterocycles. The molecule has 0 aliphatic carbocycles. The summed E-state index contributed by atoms with van der Waals surface area (Å²) in [7, 11) is 0. The molecule has 0 unspecified atom stereocenters. The smallest absolute Gasteiger partial charge is 0.255 e. The summed E-state index contributed by atoms with van der Waals surface area (Å²) in [6.07, 6.45) is 0. The van der Waals surface area contributed by atoms with E-state index in [1.54, 1.807) is 0 Å². The van der Waals surface area contributed by atoms with Gasteiger partial charge in [-0.2, -0.15) is 0 Å². The van der Waals surface area contributed by atoms with Crippen molar-refractivity contribution in [2.45, 2.75) is 6.54 Å². The highest BCUT2D eigenvalue weighted by molar-refractivity contribution is 9.10. The Morgan fingerprint density at radius 3 is 2.91 bits per heavy atom. The highest BCUT2D eigenvalue weighted by Crippen LogP contribution is 2.23. The number of rotatable bonds is 8. The van der Waals surface area contributed by atoms with Gasteiger partial charge in [-0.15, -0.1) is 0 Å². The number of ether oxygens (including phenoxy) is 2. The standard InChI is InChI=1S/C15H22BrN3O3/c16-13-1-2-14(22-11-15(17)20)12(9-13)10-18-3-4-19-5-7-21-8-6-19/h1-2,9,18H,3-8,10-11H2,(H2,17,20). The molecular weight excluding hydrogens is 350 g/mol. The molecule has 2 rings (SSSR count). The van der Waals surface area contributed by atoms with E-state index in [0.29, 0.717) is 12.3 Å². The van der Waals surface area contributed by atoms with Crippen LogP contribution in [-0.4, -0.2) is 56.8 Å². The molecule has 7 heteroatoms. The summed E-state index contributed by atoms with van der Waals surface area (Å²) in [5.41, 5.74) is 6.12. The number of primary amides is 1. The summed E-state index contributed by atoms with van der Waals surface area (Å²) >= 11 is 3.45. The van der Waals surface area contributed by atoms with Gasteiger partial charge in [0, 0.05) is 42.8 Å². The van der Waals surface area contributed by atoms with E-state index >= 15 is 0 Å². The second-order valence-electron chi connectivity index (χ2n) is 5.14. The number of hydrogen-bond donors (Lipinski definition) is 2. The van der Waals surface area contributed by atoms with Crippen LogP contribution in [0.4, 0.5) is 0 Å². The van der Waals surface area contributed by atoms with E-state index in [0.717, 1.165) is 49.4 Å². The number of nitrogens with one attached hydrogen (secondary N) is 1. The Bertz CT molecular complexity index is 493. The summed E-state index contributed by atoms with van der Waals surface area (Å²) in [6, 6.07) is 5.71. The molecule has 22 heavy (non-hydrogen) atoms. The van der Waals surface area contributed by atoms with Crippen LogP contribution in [0.1, 0.15) is 5.56 Å². The molecule has 1 saturated heterocycles. The van der Waals surface area contributed by atoms with Crippen molar-refractivity contribution >= 4 is 21.8 Å². The lowest BCUT2D eigenvalue weighted by molar-refractivity contribution is -0.119. The Kier molecular flexibility index (Phi) is 7.11. The lowest BCUT2D eigenvalue weighted by atomic mass is 10.2. The molecule has 0 spiro atoms. The van der Waals surface area contributed by atoms with E-state index in [4.69, 9.17) is 15.2 Å². The van der Waals surface area contributed by atoms with E-state index in [-0.39, 0.29) is 6.61 Å². The molecule has 3 N–H and O–H groups in total. The first-order chi connectivity index (χ1) is 10.6. The molecular formula is C15H22BrN3O3. The second kappa shape index (κ2) is 9.09. The molecule has 0 atom stereocenters. The summed E-state index contributed by atoms with van der Waals surface area (Å²) in [6.45, 7) is 6.07. The zero-order valence-corrected chi connectivity index (χ0v) is 14.1. The Morgan fingerprint density at radius 1 is 1.41 bits per heavy atom. The largest absolute Gasteiger partial charge is 0.483 e. The third-order valence-corrected chi connectivity index (χ3v) is 3.91. The maximum Gasteiger partial charge on any atom is 0.255 e. The van der Waals surface area contributed by atoms with Crippen LogP contribution in [-0.2, 0) is 16.1 Å². The molecule has 1 fully saturated rings. The van der Waals surface area contributed by atoms with E-state index in [1.807, 2.05) is 18.2 Å². The summed E-state index contributed by atoms with van der Waals surface area (Å²) < 4.78 is 11.7. The van der Waals surface area contributed by atoms with Crippen molar-refractivity contribution in [2.24, 2.45) is 5.73 Å². The molecule has 1 aromatic carbocycles. The zero-order valence-electron chi connectivity index (χ0n) is 12.5. The minimum absolute atomic E-state index is 0.109. The fourth-order valence-electron chi connectivity index (χ4n) is 2.26. The minimum atomic E-state index is -0.478. The van der Waals surface area contributed by atoms with Gasteiger partial charge >= 0.3 is 0 Å². The van der Waals surface area contributed by atoms with Crippen LogP contribution < -0.4 is 15.8 Å². The van der Waals surface area contributed by atoms with Crippen LogP contribution >= 0.6 is 15.9 Å².